The number of rotatable bonds is 7. The van der Waals surface area contributed by atoms with Gasteiger partial charge in [-0.15, -0.1) is 0 Å². The Kier molecular flexibility index (Phi) is 4.31. The van der Waals surface area contributed by atoms with E-state index in [1.54, 1.807) is 25.2 Å². The summed E-state index contributed by atoms with van der Waals surface area (Å²) >= 11 is 0. The number of nitrogens with zero attached hydrogens (tertiary/aromatic N) is 1. The SMILES string of the molecule is COc1ccccc1N(C)S(=O)(=O)CCNC1CC1. The van der Waals surface area contributed by atoms with Gasteiger partial charge in [0.05, 0.1) is 18.6 Å². The van der Waals surface area contributed by atoms with Crippen LogP contribution in [0, 0.1) is 0 Å². The molecule has 1 N–H and O–H groups in total. The van der Waals surface area contributed by atoms with Gasteiger partial charge in [-0.25, -0.2) is 8.42 Å². The van der Waals surface area contributed by atoms with Gasteiger partial charge in [-0.1, -0.05) is 12.1 Å². The first-order chi connectivity index (χ1) is 9.04. The van der Waals surface area contributed by atoms with Crippen molar-refractivity contribution < 1.29 is 13.2 Å². The zero-order valence-corrected chi connectivity index (χ0v) is 12.1. The van der Waals surface area contributed by atoms with Crippen molar-refractivity contribution in [2.24, 2.45) is 0 Å². The van der Waals surface area contributed by atoms with Crippen molar-refractivity contribution in [2.75, 3.05) is 30.8 Å². The van der Waals surface area contributed by atoms with Crippen molar-refractivity contribution in [2.45, 2.75) is 18.9 Å². The molecule has 0 aliphatic heterocycles. The molecule has 0 bridgehead atoms. The van der Waals surface area contributed by atoms with Crippen LogP contribution in [0.5, 0.6) is 5.75 Å². The van der Waals surface area contributed by atoms with E-state index in [2.05, 4.69) is 5.32 Å². The summed E-state index contributed by atoms with van der Waals surface area (Å²) in [5.41, 5.74) is 0.566. The number of anilines is 1. The summed E-state index contributed by atoms with van der Waals surface area (Å²) in [6, 6.07) is 7.63. The molecule has 1 aliphatic rings. The monoisotopic (exact) mass is 284 g/mol. The van der Waals surface area contributed by atoms with E-state index in [1.807, 2.05) is 6.07 Å². The number of methoxy groups -OCH3 is 1. The Hall–Kier alpha value is -1.27. The lowest BCUT2D eigenvalue weighted by Gasteiger charge is -2.21. The second-order valence-electron chi connectivity index (χ2n) is 4.68. The molecule has 6 heteroatoms. The van der Waals surface area contributed by atoms with E-state index in [0.717, 1.165) is 12.8 Å². The average molecular weight is 284 g/mol. The molecule has 1 saturated carbocycles. The fourth-order valence-corrected chi connectivity index (χ4v) is 2.96. The molecule has 0 heterocycles. The molecule has 0 atom stereocenters. The number of hydrogen-bond donors (Lipinski definition) is 1. The van der Waals surface area contributed by atoms with Crippen LogP contribution in [0.3, 0.4) is 0 Å². The van der Waals surface area contributed by atoms with Crippen LogP contribution in [0.4, 0.5) is 5.69 Å². The van der Waals surface area contributed by atoms with Gasteiger partial charge in [0.2, 0.25) is 10.0 Å². The molecule has 2 rings (SSSR count). The fourth-order valence-electron chi connectivity index (χ4n) is 1.86. The highest BCUT2D eigenvalue weighted by Gasteiger charge is 2.24. The van der Waals surface area contributed by atoms with E-state index in [0.29, 0.717) is 24.0 Å². The third kappa shape index (κ3) is 3.61. The Morgan fingerprint density at radius 1 is 1.37 bits per heavy atom. The van der Waals surface area contributed by atoms with Crippen LogP contribution >= 0.6 is 0 Å². The fraction of sp³-hybridized carbons (Fsp3) is 0.538. The Balaban J connectivity index is 2.05. The molecule has 19 heavy (non-hydrogen) atoms. The lowest BCUT2D eigenvalue weighted by atomic mass is 10.3. The van der Waals surface area contributed by atoms with E-state index in [-0.39, 0.29) is 5.75 Å². The van der Waals surface area contributed by atoms with Crippen LogP contribution in [-0.2, 0) is 10.0 Å². The molecule has 1 aromatic rings. The maximum Gasteiger partial charge on any atom is 0.236 e. The van der Waals surface area contributed by atoms with Gasteiger partial charge in [0.25, 0.3) is 0 Å². The summed E-state index contributed by atoms with van der Waals surface area (Å²) in [6.45, 7) is 0.493. The van der Waals surface area contributed by atoms with Crippen molar-refractivity contribution >= 4 is 15.7 Å². The summed E-state index contributed by atoms with van der Waals surface area (Å²) in [5, 5.41) is 3.21. The molecule has 0 radical (unpaired) electrons. The Bertz CT molecular complexity index is 526. The maximum absolute atomic E-state index is 12.2. The Labute approximate surface area is 114 Å². The minimum Gasteiger partial charge on any atom is -0.495 e. The van der Waals surface area contributed by atoms with Crippen LogP contribution in [0.25, 0.3) is 0 Å². The predicted octanol–water partition coefficient (Wildman–Crippen LogP) is 1.21. The first-order valence-electron chi connectivity index (χ1n) is 6.37. The van der Waals surface area contributed by atoms with Gasteiger partial charge in [-0.2, -0.15) is 0 Å². The summed E-state index contributed by atoms with van der Waals surface area (Å²) in [7, 11) is -0.227. The molecule has 1 aliphatic carbocycles. The quantitative estimate of drug-likeness (QED) is 0.818. The van der Waals surface area contributed by atoms with Crippen molar-refractivity contribution in [1.82, 2.24) is 5.32 Å². The van der Waals surface area contributed by atoms with Crippen molar-refractivity contribution in [3.8, 4) is 5.75 Å². The molecule has 106 valence electrons. The van der Waals surface area contributed by atoms with E-state index in [1.165, 1.54) is 11.4 Å². The second-order valence-corrected chi connectivity index (χ2v) is 6.80. The largest absolute Gasteiger partial charge is 0.495 e. The number of ether oxygens (including phenoxy) is 1. The highest BCUT2D eigenvalue weighted by molar-refractivity contribution is 7.92. The lowest BCUT2D eigenvalue weighted by Crippen LogP contribution is -2.34. The van der Waals surface area contributed by atoms with E-state index >= 15 is 0 Å². The van der Waals surface area contributed by atoms with Crippen LogP contribution in [-0.4, -0.2) is 40.9 Å². The summed E-state index contributed by atoms with van der Waals surface area (Å²) in [5.74, 6) is 0.654. The molecular formula is C13H20N2O3S. The third-order valence-corrected chi connectivity index (χ3v) is 4.96. The molecule has 5 nitrogen and oxygen atoms in total. The van der Waals surface area contributed by atoms with Gasteiger partial charge < -0.3 is 10.1 Å². The first kappa shape index (κ1) is 14.1. The smallest absolute Gasteiger partial charge is 0.236 e. The highest BCUT2D eigenvalue weighted by Crippen LogP contribution is 2.28. The second kappa shape index (κ2) is 5.79. The topological polar surface area (TPSA) is 58.6 Å². The molecule has 0 amide bonds. The van der Waals surface area contributed by atoms with Crippen molar-refractivity contribution in [3.63, 3.8) is 0 Å². The predicted molar refractivity (Wildman–Crippen MR) is 76.2 cm³/mol. The van der Waals surface area contributed by atoms with E-state index in [9.17, 15) is 8.42 Å². The summed E-state index contributed by atoms with van der Waals surface area (Å²) in [4.78, 5) is 0. The number of para-hydroxylation sites is 2. The number of sulfonamides is 1. The first-order valence-corrected chi connectivity index (χ1v) is 7.98. The standard InChI is InChI=1S/C13H20N2O3S/c1-15(12-5-3-4-6-13(12)18-2)19(16,17)10-9-14-11-7-8-11/h3-6,11,14H,7-10H2,1-2H3. The van der Waals surface area contributed by atoms with Crippen LogP contribution in [0.2, 0.25) is 0 Å². The minimum absolute atomic E-state index is 0.0953. The summed E-state index contributed by atoms with van der Waals surface area (Å²) in [6.07, 6.45) is 2.31. The Morgan fingerprint density at radius 2 is 2.05 bits per heavy atom. The average Bonchev–Trinajstić information content (AvgIpc) is 3.21. The van der Waals surface area contributed by atoms with Crippen LogP contribution in [0.1, 0.15) is 12.8 Å². The maximum atomic E-state index is 12.2. The molecule has 0 aromatic heterocycles. The van der Waals surface area contributed by atoms with E-state index in [4.69, 9.17) is 4.74 Å². The van der Waals surface area contributed by atoms with Gasteiger partial charge in [0, 0.05) is 19.6 Å². The molecule has 0 spiro atoms. The molecule has 0 saturated heterocycles. The normalized spacial score (nSPS) is 15.3. The Morgan fingerprint density at radius 3 is 2.68 bits per heavy atom. The van der Waals surface area contributed by atoms with Crippen LogP contribution < -0.4 is 14.4 Å². The molecular weight excluding hydrogens is 264 g/mol. The third-order valence-electron chi connectivity index (χ3n) is 3.21. The van der Waals surface area contributed by atoms with Gasteiger partial charge in [0.1, 0.15) is 5.75 Å². The highest BCUT2D eigenvalue weighted by atomic mass is 32.2. The number of hydrogen-bond acceptors (Lipinski definition) is 4. The lowest BCUT2D eigenvalue weighted by molar-refractivity contribution is 0.416. The van der Waals surface area contributed by atoms with Gasteiger partial charge in [-0.05, 0) is 25.0 Å². The number of benzene rings is 1. The summed E-state index contributed by atoms with van der Waals surface area (Å²) < 4.78 is 30.9. The van der Waals surface area contributed by atoms with E-state index < -0.39 is 10.0 Å². The van der Waals surface area contributed by atoms with Crippen LogP contribution in [0.15, 0.2) is 24.3 Å². The van der Waals surface area contributed by atoms with Crippen molar-refractivity contribution in [1.29, 1.82) is 0 Å². The molecule has 0 unspecified atom stereocenters. The van der Waals surface area contributed by atoms with Gasteiger partial charge in [0.15, 0.2) is 0 Å². The zero-order chi connectivity index (χ0) is 13.9. The molecule has 1 fully saturated rings. The van der Waals surface area contributed by atoms with Crippen molar-refractivity contribution in [3.05, 3.63) is 24.3 Å². The number of nitrogens with one attached hydrogen (secondary N) is 1. The van der Waals surface area contributed by atoms with Gasteiger partial charge in [-0.3, -0.25) is 4.31 Å². The van der Waals surface area contributed by atoms with Gasteiger partial charge >= 0.3 is 0 Å². The zero-order valence-electron chi connectivity index (χ0n) is 11.3. The molecule has 1 aromatic carbocycles. The minimum atomic E-state index is -3.32.